The second-order valence-electron chi connectivity index (χ2n) is 6.71. The van der Waals surface area contributed by atoms with E-state index in [1.165, 1.54) is 19.0 Å². The van der Waals surface area contributed by atoms with Crippen LogP contribution in [0.15, 0.2) is 0 Å². The van der Waals surface area contributed by atoms with Gasteiger partial charge in [-0.25, -0.2) is 0 Å². The van der Waals surface area contributed by atoms with Gasteiger partial charge < -0.3 is 10.2 Å². The molecule has 1 N–H and O–H groups in total. The van der Waals surface area contributed by atoms with Gasteiger partial charge in [0.2, 0.25) is 0 Å². The molecule has 0 atom stereocenters. The summed E-state index contributed by atoms with van der Waals surface area (Å²) in [6, 6.07) is 0. The third-order valence-corrected chi connectivity index (χ3v) is 3.93. The quantitative estimate of drug-likeness (QED) is 0.318. The van der Waals surface area contributed by atoms with Crippen molar-refractivity contribution in [2.75, 3.05) is 27.2 Å². The van der Waals surface area contributed by atoms with Crippen molar-refractivity contribution in [3.63, 3.8) is 0 Å². The number of carbonyl (C=O) groups is 1. The van der Waals surface area contributed by atoms with E-state index in [-0.39, 0.29) is 19.4 Å². The summed E-state index contributed by atoms with van der Waals surface area (Å²) in [4.78, 5) is 12.7. The molecule has 0 aromatic heterocycles. The molecule has 1 amide bonds. The number of halogens is 15. The number of nitrogens with zero attached hydrogens (tertiary/aromatic N) is 1. The van der Waals surface area contributed by atoms with Gasteiger partial charge in [-0.3, -0.25) is 4.79 Å². The molecule has 32 heavy (non-hydrogen) atoms. The number of hydrogen-bond donors (Lipinski definition) is 1. The van der Waals surface area contributed by atoms with Crippen LogP contribution in [0.25, 0.3) is 0 Å². The number of hydrogen-bond acceptors (Lipinski definition) is 2. The normalized spacial score (nSPS) is 15.3. The van der Waals surface area contributed by atoms with Crippen LogP contribution in [0.4, 0.5) is 65.9 Å². The van der Waals surface area contributed by atoms with Crippen molar-refractivity contribution in [2.45, 2.75) is 54.6 Å². The molecule has 0 saturated carbocycles. The summed E-state index contributed by atoms with van der Waals surface area (Å²) in [6.07, 6.45) is -7.80. The molecule has 0 aromatic rings. The van der Waals surface area contributed by atoms with Crippen LogP contribution in [0, 0.1) is 0 Å². The Bertz CT molecular complexity index is 657. The molecule has 0 spiro atoms. The molecule has 0 aliphatic rings. The number of nitrogens with one attached hydrogen (secondary N) is 1. The molecular weight excluding hydrogens is 497 g/mol. The van der Waals surface area contributed by atoms with Crippen LogP contribution in [-0.2, 0) is 4.79 Å². The SMILES string of the molecule is CN(C)CCCCNC(=O)C(F)(F)C(F)(F)C(F)(F)C(F)(F)C(F)(F)C(F)(F)C(F)(F)F. The minimum Gasteiger partial charge on any atom is -0.351 e. The molecule has 0 fully saturated rings. The largest absolute Gasteiger partial charge is 0.460 e. The number of carbonyl (C=O) groups excluding carboxylic acids is 1. The molecule has 0 radical (unpaired) electrons. The van der Waals surface area contributed by atoms with E-state index in [0.29, 0.717) is 0 Å². The lowest BCUT2D eigenvalue weighted by atomic mass is 9.91. The fraction of sp³-hybridized carbons (Fsp3) is 0.929. The second kappa shape index (κ2) is 8.96. The first kappa shape index (κ1) is 30.4. The smallest absolute Gasteiger partial charge is 0.351 e. The Morgan fingerprint density at radius 3 is 1.38 bits per heavy atom. The van der Waals surface area contributed by atoms with Crippen molar-refractivity contribution in [3.05, 3.63) is 0 Å². The van der Waals surface area contributed by atoms with E-state index in [4.69, 9.17) is 0 Å². The fourth-order valence-electron chi connectivity index (χ4n) is 1.98. The van der Waals surface area contributed by atoms with Crippen LogP contribution in [0.5, 0.6) is 0 Å². The average molecular weight is 512 g/mol. The van der Waals surface area contributed by atoms with E-state index in [9.17, 15) is 70.7 Å². The van der Waals surface area contributed by atoms with Crippen LogP contribution in [-0.4, -0.2) is 79.7 Å². The molecule has 0 rings (SSSR count). The van der Waals surface area contributed by atoms with Gasteiger partial charge in [-0.15, -0.1) is 0 Å². The van der Waals surface area contributed by atoms with Gasteiger partial charge in [0.15, 0.2) is 0 Å². The highest BCUT2D eigenvalue weighted by atomic mass is 19.4. The lowest BCUT2D eigenvalue weighted by molar-refractivity contribution is -0.449. The summed E-state index contributed by atoms with van der Waals surface area (Å²) >= 11 is 0. The van der Waals surface area contributed by atoms with E-state index >= 15 is 0 Å². The van der Waals surface area contributed by atoms with Crippen molar-refractivity contribution >= 4 is 5.91 Å². The lowest BCUT2D eigenvalue weighted by Gasteiger charge is -2.41. The Kier molecular flexibility index (Phi) is 8.51. The summed E-state index contributed by atoms with van der Waals surface area (Å²) < 4.78 is 195. The van der Waals surface area contributed by atoms with E-state index in [1.807, 2.05) is 0 Å². The fourth-order valence-corrected chi connectivity index (χ4v) is 1.98. The third kappa shape index (κ3) is 4.83. The molecule has 192 valence electrons. The van der Waals surface area contributed by atoms with Gasteiger partial charge in [0.1, 0.15) is 0 Å². The Hall–Kier alpha value is -1.62. The molecule has 0 saturated heterocycles. The van der Waals surface area contributed by atoms with Crippen molar-refractivity contribution in [3.8, 4) is 0 Å². The lowest BCUT2D eigenvalue weighted by Crippen LogP contribution is -2.74. The Morgan fingerprint density at radius 1 is 0.625 bits per heavy atom. The zero-order chi connectivity index (χ0) is 26.2. The first-order chi connectivity index (χ1) is 13.8. The molecule has 0 heterocycles. The van der Waals surface area contributed by atoms with Crippen molar-refractivity contribution in [1.82, 2.24) is 10.2 Å². The minimum atomic E-state index is -8.40. The van der Waals surface area contributed by atoms with Crippen LogP contribution in [0.3, 0.4) is 0 Å². The van der Waals surface area contributed by atoms with Crippen molar-refractivity contribution < 1.29 is 70.7 Å². The van der Waals surface area contributed by atoms with Crippen LogP contribution in [0.2, 0.25) is 0 Å². The monoisotopic (exact) mass is 512 g/mol. The summed E-state index contributed by atoms with van der Waals surface area (Å²) in [5.41, 5.74) is 0. The van der Waals surface area contributed by atoms with Gasteiger partial charge in [-0.2, -0.15) is 65.9 Å². The van der Waals surface area contributed by atoms with Gasteiger partial charge in [0.05, 0.1) is 0 Å². The Balaban J connectivity index is 5.97. The number of rotatable bonds is 11. The number of unbranched alkanes of at least 4 members (excludes halogenated alkanes) is 1. The highest BCUT2D eigenvalue weighted by molar-refractivity contribution is 5.84. The minimum absolute atomic E-state index is 0.113. The number of alkyl halides is 15. The summed E-state index contributed by atoms with van der Waals surface area (Å²) in [7, 11) is 3.07. The first-order valence-corrected chi connectivity index (χ1v) is 8.10. The van der Waals surface area contributed by atoms with Crippen LogP contribution < -0.4 is 5.32 Å². The molecular formula is C14H15F15N2O. The molecule has 0 unspecified atom stereocenters. The maximum Gasteiger partial charge on any atom is 0.460 e. The average Bonchev–Trinajstić information content (AvgIpc) is 2.58. The van der Waals surface area contributed by atoms with E-state index in [1.54, 1.807) is 0 Å². The van der Waals surface area contributed by atoms with Crippen molar-refractivity contribution in [2.24, 2.45) is 0 Å². The third-order valence-electron chi connectivity index (χ3n) is 3.93. The first-order valence-electron chi connectivity index (χ1n) is 8.10. The molecule has 0 aromatic carbocycles. The van der Waals surface area contributed by atoms with Crippen LogP contribution >= 0.6 is 0 Å². The summed E-state index contributed by atoms with van der Waals surface area (Å²) in [5, 5.41) is 0.938. The Morgan fingerprint density at radius 2 is 1.00 bits per heavy atom. The standard InChI is InChI=1S/C14H15F15N2O/c1-31(2)6-4-3-5-30-7(32)8(15,16)9(17,18)10(19,20)11(21,22)12(23,24)13(25,26)14(27,28)29/h3-6H2,1-2H3,(H,30,32). The van der Waals surface area contributed by atoms with E-state index in [0.717, 1.165) is 5.32 Å². The highest BCUT2D eigenvalue weighted by Gasteiger charge is 2.94. The molecule has 18 heteroatoms. The van der Waals surface area contributed by atoms with Gasteiger partial charge in [-0.05, 0) is 33.5 Å². The zero-order valence-corrected chi connectivity index (χ0v) is 15.9. The topological polar surface area (TPSA) is 32.3 Å². The highest BCUT2D eigenvalue weighted by Crippen LogP contribution is 2.62. The molecule has 3 nitrogen and oxygen atoms in total. The van der Waals surface area contributed by atoms with E-state index in [2.05, 4.69) is 0 Å². The molecule has 0 bridgehead atoms. The summed E-state index contributed by atoms with van der Waals surface area (Å²) in [5.74, 6) is -51.2. The zero-order valence-electron chi connectivity index (χ0n) is 15.9. The molecule has 0 aliphatic carbocycles. The predicted octanol–water partition coefficient (Wildman–Crippen LogP) is 4.82. The number of amides is 1. The maximum atomic E-state index is 13.5. The predicted molar refractivity (Wildman–Crippen MR) is 76.5 cm³/mol. The van der Waals surface area contributed by atoms with E-state index < -0.39 is 54.2 Å². The van der Waals surface area contributed by atoms with Gasteiger partial charge in [0.25, 0.3) is 5.91 Å². The second-order valence-corrected chi connectivity index (χ2v) is 6.71. The van der Waals surface area contributed by atoms with Crippen LogP contribution in [0.1, 0.15) is 12.8 Å². The summed E-state index contributed by atoms with van der Waals surface area (Å²) in [6.45, 7) is -0.655. The van der Waals surface area contributed by atoms with Gasteiger partial charge in [0, 0.05) is 6.54 Å². The maximum absolute atomic E-state index is 13.5. The van der Waals surface area contributed by atoms with Gasteiger partial charge in [-0.1, -0.05) is 0 Å². The Labute approximate surface area is 169 Å². The molecule has 0 aliphatic heterocycles. The van der Waals surface area contributed by atoms with Gasteiger partial charge >= 0.3 is 41.7 Å². The van der Waals surface area contributed by atoms with Crippen molar-refractivity contribution in [1.29, 1.82) is 0 Å².